The third kappa shape index (κ3) is 4.01. The zero-order valence-corrected chi connectivity index (χ0v) is 19.9. The third-order valence-electron chi connectivity index (χ3n) is 5.21. The Hall–Kier alpha value is -1.91. The van der Waals surface area contributed by atoms with Crippen molar-refractivity contribution in [2.75, 3.05) is 13.7 Å². The number of halogens is 2. The molecule has 164 valence electrons. The fourth-order valence-corrected chi connectivity index (χ4v) is 6.93. The smallest absolute Gasteiger partial charge is 0.266 e. The molecule has 0 spiro atoms. The van der Waals surface area contributed by atoms with E-state index >= 15 is 0 Å². The third-order valence-corrected chi connectivity index (χ3v) is 9.03. The first-order valence-corrected chi connectivity index (χ1v) is 12.4. The van der Waals surface area contributed by atoms with Crippen molar-refractivity contribution < 1.29 is 17.9 Å². The predicted octanol–water partition coefficient (Wildman–Crippen LogP) is 3.84. The second-order valence-corrected chi connectivity index (χ2v) is 10.7. The Morgan fingerprint density at radius 1 is 1.16 bits per heavy atom. The maximum atomic E-state index is 13.2. The molecule has 0 bridgehead atoms. The van der Waals surface area contributed by atoms with Crippen LogP contribution < -0.4 is 9.54 Å². The second kappa shape index (κ2) is 8.55. The van der Waals surface area contributed by atoms with Gasteiger partial charge in [0.1, 0.15) is 11.8 Å². The Bertz CT molecular complexity index is 1330. The van der Waals surface area contributed by atoms with E-state index in [2.05, 4.69) is 4.99 Å². The van der Waals surface area contributed by atoms with Crippen LogP contribution in [0.3, 0.4) is 0 Å². The number of benzene rings is 2. The van der Waals surface area contributed by atoms with Crippen LogP contribution in [0.25, 0.3) is 10.2 Å². The average Bonchev–Trinajstić information content (AvgIpc) is 3.37. The van der Waals surface area contributed by atoms with Gasteiger partial charge in [-0.25, -0.2) is 8.42 Å². The first-order chi connectivity index (χ1) is 14.7. The van der Waals surface area contributed by atoms with E-state index in [-0.39, 0.29) is 11.4 Å². The average molecular weight is 500 g/mol. The van der Waals surface area contributed by atoms with Gasteiger partial charge in [-0.1, -0.05) is 34.5 Å². The van der Waals surface area contributed by atoms with Crippen LogP contribution in [0.15, 0.2) is 46.3 Å². The number of amides is 1. The van der Waals surface area contributed by atoms with Gasteiger partial charge in [-0.3, -0.25) is 4.79 Å². The summed E-state index contributed by atoms with van der Waals surface area (Å²) in [6.07, 6.45) is 0.991. The maximum absolute atomic E-state index is 13.2. The summed E-state index contributed by atoms with van der Waals surface area (Å²) in [5.41, 5.74) is 0.680. The van der Waals surface area contributed by atoms with E-state index in [0.29, 0.717) is 39.0 Å². The molecule has 0 aliphatic carbocycles. The fraction of sp³-hybridized carbons (Fsp3) is 0.300. The Kier molecular flexibility index (Phi) is 6.15. The standard InChI is InChI=1S/C20H19Cl2N3O4S2/c1-24-17-14(21)9-10-15(22)18(17)30-20(24)23-19(26)16-4-3-11-25(16)31(27,28)13-7-5-12(29-2)6-8-13/h5-10,16H,3-4,11H2,1-2H3. The first-order valence-electron chi connectivity index (χ1n) is 9.42. The van der Waals surface area contributed by atoms with Crippen LogP contribution in [0.4, 0.5) is 0 Å². The number of carbonyl (C=O) groups excluding carboxylic acids is 1. The first kappa shape index (κ1) is 22.3. The molecule has 1 saturated heterocycles. The lowest BCUT2D eigenvalue weighted by atomic mass is 10.2. The molecule has 4 rings (SSSR count). The van der Waals surface area contributed by atoms with Crippen molar-refractivity contribution in [3.05, 3.63) is 51.2 Å². The maximum Gasteiger partial charge on any atom is 0.266 e. The van der Waals surface area contributed by atoms with Crippen LogP contribution >= 0.6 is 34.5 Å². The van der Waals surface area contributed by atoms with Crippen LogP contribution in [0.5, 0.6) is 5.75 Å². The van der Waals surface area contributed by atoms with E-state index in [1.165, 1.54) is 34.9 Å². The van der Waals surface area contributed by atoms with Crippen LogP contribution in [0.1, 0.15) is 12.8 Å². The van der Waals surface area contributed by atoms with E-state index in [1.54, 1.807) is 35.9 Å². The zero-order chi connectivity index (χ0) is 22.3. The summed E-state index contributed by atoms with van der Waals surface area (Å²) >= 11 is 13.8. The minimum atomic E-state index is -3.85. The van der Waals surface area contributed by atoms with Crippen molar-refractivity contribution in [3.8, 4) is 5.75 Å². The molecule has 1 unspecified atom stereocenters. The largest absolute Gasteiger partial charge is 0.497 e. The number of rotatable bonds is 4. The Morgan fingerprint density at radius 2 is 1.84 bits per heavy atom. The monoisotopic (exact) mass is 499 g/mol. The van der Waals surface area contributed by atoms with Gasteiger partial charge in [-0.15, -0.1) is 0 Å². The minimum Gasteiger partial charge on any atom is -0.497 e. The summed E-state index contributed by atoms with van der Waals surface area (Å²) in [7, 11) is -0.595. The Labute approximate surface area is 193 Å². The van der Waals surface area contributed by atoms with Crippen LogP contribution in [-0.4, -0.2) is 42.9 Å². The summed E-state index contributed by atoms with van der Waals surface area (Å²) in [5.74, 6) is 0.0431. The minimum absolute atomic E-state index is 0.110. The number of thiazole rings is 1. The fourth-order valence-electron chi connectivity index (χ4n) is 3.61. The molecular formula is C20H19Cl2N3O4S2. The lowest BCUT2D eigenvalue weighted by molar-refractivity contribution is -0.121. The quantitative estimate of drug-likeness (QED) is 0.546. The molecule has 7 nitrogen and oxygen atoms in total. The van der Waals surface area contributed by atoms with Gasteiger partial charge in [0.15, 0.2) is 4.80 Å². The normalized spacial score (nSPS) is 18.1. The van der Waals surface area contributed by atoms with E-state index in [1.807, 2.05) is 0 Å². The van der Waals surface area contributed by atoms with E-state index < -0.39 is 22.0 Å². The van der Waals surface area contributed by atoms with E-state index in [0.717, 1.165) is 4.70 Å². The predicted molar refractivity (Wildman–Crippen MR) is 121 cm³/mol. The number of sulfonamides is 1. The van der Waals surface area contributed by atoms with Crippen molar-refractivity contribution in [3.63, 3.8) is 0 Å². The van der Waals surface area contributed by atoms with Gasteiger partial charge in [0.05, 0.1) is 32.3 Å². The number of carbonyl (C=O) groups is 1. The molecule has 1 aliphatic rings. The highest BCUT2D eigenvalue weighted by Gasteiger charge is 2.39. The highest BCUT2D eigenvalue weighted by Crippen LogP contribution is 2.32. The van der Waals surface area contributed by atoms with Crippen LogP contribution in [-0.2, 0) is 21.9 Å². The van der Waals surface area contributed by atoms with Gasteiger partial charge in [-0.05, 0) is 49.2 Å². The number of ether oxygens (including phenoxy) is 1. The van der Waals surface area contributed by atoms with Gasteiger partial charge in [0, 0.05) is 13.6 Å². The van der Waals surface area contributed by atoms with Crippen molar-refractivity contribution in [2.45, 2.75) is 23.8 Å². The number of nitrogens with zero attached hydrogens (tertiary/aromatic N) is 3. The molecule has 0 saturated carbocycles. The molecule has 1 amide bonds. The van der Waals surface area contributed by atoms with Crippen LogP contribution in [0, 0.1) is 0 Å². The number of fused-ring (bicyclic) bond motifs is 1. The summed E-state index contributed by atoms with van der Waals surface area (Å²) < 4.78 is 35.0. The highest BCUT2D eigenvalue weighted by atomic mass is 35.5. The van der Waals surface area contributed by atoms with Gasteiger partial charge in [0.25, 0.3) is 5.91 Å². The molecule has 0 N–H and O–H groups in total. The topological polar surface area (TPSA) is 81.0 Å². The molecule has 1 aromatic heterocycles. The molecule has 1 aliphatic heterocycles. The summed E-state index contributed by atoms with van der Waals surface area (Å²) in [5, 5.41) is 1.01. The van der Waals surface area contributed by atoms with Crippen molar-refractivity contribution >= 4 is 60.7 Å². The Balaban J connectivity index is 1.70. The SMILES string of the molecule is COc1ccc(S(=O)(=O)N2CCCC2C(=O)N=c2sc3c(Cl)ccc(Cl)c3n2C)cc1. The molecule has 11 heteroatoms. The number of hydrogen-bond donors (Lipinski definition) is 0. The summed E-state index contributed by atoms with van der Waals surface area (Å²) in [4.78, 5) is 17.8. The molecule has 1 fully saturated rings. The zero-order valence-electron chi connectivity index (χ0n) is 16.7. The van der Waals surface area contributed by atoms with Crippen molar-refractivity contribution in [1.29, 1.82) is 0 Å². The molecule has 3 aromatic rings. The molecule has 2 heterocycles. The second-order valence-electron chi connectivity index (χ2n) is 7.05. The van der Waals surface area contributed by atoms with Gasteiger partial charge >= 0.3 is 0 Å². The van der Waals surface area contributed by atoms with Crippen molar-refractivity contribution in [2.24, 2.45) is 12.0 Å². The molecule has 2 aromatic carbocycles. The van der Waals surface area contributed by atoms with Gasteiger partial charge in [0.2, 0.25) is 10.0 Å². The summed E-state index contributed by atoms with van der Waals surface area (Å²) in [6, 6.07) is 8.62. The Morgan fingerprint density at radius 3 is 2.48 bits per heavy atom. The highest BCUT2D eigenvalue weighted by molar-refractivity contribution is 7.89. The van der Waals surface area contributed by atoms with Gasteiger partial charge < -0.3 is 9.30 Å². The van der Waals surface area contributed by atoms with E-state index in [4.69, 9.17) is 27.9 Å². The summed E-state index contributed by atoms with van der Waals surface area (Å²) in [6.45, 7) is 0.260. The molecule has 31 heavy (non-hydrogen) atoms. The van der Waals surface area contributed by atoms with Crippen LogP contribution in [0.2, 0.25) is 10.0 Å². The number of aromatic nitrogens is 1. The molecule has 1 atom stereocenters. The van der Waals surface area contributed by atoms with Gasteiger partial charge in [-0.2, -0.15) is 9.30 Å². The number of methoxy groups -OCH3 is 1. The van der Waals surface area contributed by atoms with E-state index in [9.17, 15) is 13.2 Å². The number of aryl methyl sites for hydroxylation is 1. The lowest BCUT2D eigenvalue weighted by Crippen LogP contribution is -2.40. The molecular weight excluding hydrogens is 481 g/mol. The molecule has 0 radical (unpaired) electrons. The van der Waals surface area contributed by atoms with Crippen molar-refractivity contribution in [1.82, 2.24) is 8.87 Å². The number of hydrogen-bond acceptors (Lipinski definition) is 5. The lowest BCUT2D eigenvalue weighted by Gasteiger charge is -2.21.